The number of rotatable bonds is 5. The van der Waals surface area contributed by atoms with Crippen molar-refractivity contribution in [3.8, 4) is 0 Å². The fourth-order valence-corrected chi connectivity index (χ4v) is 1.63. The Hall–Kier alpha value is -1.13. The van der Waals surface area contributed by atoms with Crippen molar-refractivity contribution in [1.82, 2.24) is 4.57 Å². The third kappa shape index (κ3) is 2.51. The molecule has 1 heterocycles. The number of ether oxygens (including phenoxy) is 1. The fraction of sp³-hybridized carbons (Fsp3) is 0.583. The van der Waals surface area contributed by atoms with Gasteiger partial charge in [0.1, 0.15) is 6.73 Å². The lowest BCUT2D eigenvalue weighted by molar-refractivity contribution is 0.0653. The molecule has 1 fully saturated rings. The molecule has 1 aromatic heterocycles. The first-order chi connectivity index (χ1) is 7.72. The summed E-state index contributed by atoms with van der Waals surface area (Å²) in [6, 6.07) is 3.69. The van der Waals surface area contributed by atoms with Crippen molar-refractivity contribution in [2.45, 2.75) is 33.0 Å². The average Bonchev–Trinajstić information content (AvgIpc) is 3.07. The summed E-state index contributed by atoms with van der Waals surface area (Å²) in [5.74, 6) is 0.716. The molecule has 0 atom stereocenters. The molecule has 0 aromatic carbocycles. The number of aromatic nitrogens is 1. The smallest absolute Gasteiger partial charge is 0.257 e. The molecule has 0 amide bonds. The molecule has 0 unspecified atom stereocenters. The van der Waals surface area contributed by atoms with E-state index in [4.69, 9.17) is 10.5 Å². The van der Waals surface area contributed by atoms with E-state index in [9.17, 15) is 4.79 Å². The molecular formula is C12H18N2O2. The Morgan fingerprint density at radius 3 is 2.88 bits per heavy atom. The first-order valence-electron chi connectivity index (χ1n) is 5.69. The monoisotopic (exact) mass is 222 g/mol. The largest absolute Gasteiger partial charge is 0.360 e. The van der Waals surface area contributed by atoms with Gasteiger partial charge in [0.15, 0.2) is 0 Å². The molecule has 1 aromatic rings. The van der Waals surface area contributed by atoms with Crippen molar-refractivity contribution in [3.05, 3.63) is 33.7 Å². The van der Waals surface area contributed by atoms with Gasteiger partial charge < -0.3 is 10.5 Å². The standard InChI is InChI=1S/C12H18N2O2/c1-9-2-5-11(6-13)12(15)14(9)8-16-7-10-3-4-10/h2,5,10H,3-4,6-8,13H2,1H3. The Balaban J connectivity index is 2.07. The maximum absolute atomic E-state index is 11.9. The van der Waals surface area contributed by atoms with Crippen LogP contribution in [0.4, 0.5) is 0 Å². The van der Waals surface area contributed by atoms with Crippen LogP contribution < -0.4 is 11.3 Å². The predicted molar refractivity (Wildman–Crippen MR) is 62.0 cm³/mol. The highest BCUT2D eigenvalue weighted by Gasteiger charge is 2.21. The van der Waals surface area contributed by atoms with Crippen molar-refractivity contribution >= 4 is 0 Å². The Morgan fingerprint density at radius 1 is 1.50 bits per heavy atom. The summed E-state index contributed by atoms with van der Waals surface area (Å²) >= 11 is 0. The Morgan fingerprint density at radius 2 is 2.25 bits per heavy atom. The molecule has 0 spiro atoms. The van der Waals surface area contributed by atoms with Crippen molar-refractivity contribution in [1.29, 1.82) is 0 Å². The molecule has 88 valence electrons. The molecule has 1 saturated carbocycles. The number of aryl methyl sites for hydroxylation is 1. The minimum absolute atomic E-state index is 0.0294. The van der Waals surface area contributed by atoms with Crippen molar-refractivity contribution in [3.63, 3.8) is 0 Å². The van der Waals surface area contributed by atoms with E-state index in [1.165, 1.54) is 12.8 Å². The van der Waals surface area contributed by atoms with Gasteiger partial charge in [-0.15, -0.1) is 0 Å². The van der Waals surface area contributed by atoms with Crippen LogP contribution >= 0.6 is 0 Å². The minimum atomic E-state index is -0.0294. The van der Waals surface area contributed by atoms with E-state index >= 15 is 0 Å². The molecule has 0 saturated heterocycles. The molecule has 0 bridgehead atoms. The van der Waals surface area contributed by atoms with Crippen molar-refractivity contribution in [2.75, 3.05) is 6.61 Å². The zero-order valence-corrected chi connectivity index (χ0v) is 9.61. The van der Waals surface area contributed by atoms with Gasteiger partial charge in [-0.05, 0) is 31.7 Å². The van der Waals surface area contributed by atoms with Gasteiger partial charge in [0.2, 0.25) is 0 Å². The molecule has 0 radical (unpaired) electrons. The number of nitrogens with zero attached hydrogens (tertiary/aromatic N) is 1. The van der Waals surface area contributed by atoms with Crippen molar-refractivity contribution in [2.24, 2.45) is 11.7 Å². The second-order valence-corrected chi connectivity index (χ2v) is 4.38. The number of hydrogen-bond acceptors (Lipinski definition) is 3. The number of nitrogens with two attached hydrogens (primary N) is 1. The van der Waals surface area contributed by atoms with E-state index in [1.807, 2.05) is 13.0 Å². The van der Waals surface area contributed by atoms with Gasteiger partial charge in [-0.2, -0.15) is 0 Å². The van der Waals surface area contributed by atoms with Gasteiger partial charge in [-0.1, -0.05) is 6.07 Å². The number of pyridine rings is 1. The van der Waals surface area contributed by atoms with Gasteiger partial charge in [0.25, 0.3) is 5.56 Å². The van der Waals surface area contributed by atoms with Crippen LogP contribution in [0.2, 0.25) is 0 Å². The minimum Gasteiger partial charge on any atom is -0.360 e. The molecule has 16 heavy (non-hydrogen) atoms. The van der Waals surface area contributed by atoms with Crippen LogP contribution in [-0.2, 0) is 18.0 Å². The van der Waals surface area contributed by atoms with E-state index in [2.05, 4.69) is 0 Å². The zero-order valence-electron chi connectivity index (χ0n) is 9.61. The summed E-state index contributed by atoms with van der Waals surface area (Å²) in [6.45, 7) is 3.29. The molecule has 2 rings (SSSR count). The Kier molecular flexibility index (Phi) is 3.41. The Labute approximate surface area is 95.0 Å². The third-order valence-corrected chi connectivity index (χ3v) is 2.96. The van der Waals surface area contributed by atoms with Crippen LogP contribution in [0.5, 0.6) is 0 Å². The topological polar surface area (TPSA) is 57.2 Å². The SMILES string of the molecule is Cc1ccc(CN)c(=O)n1COCC1CC1. The van der Waals surface area contributed by atoms with E-state index in [-0.39, 0.29) is 12.1 Å². The van der Waals surface area contributed by atoms with Crippen LogP contribution in [0, 0.1) is 12.8 Å². The second-order valence-electron chi connectivity index (χ2n) is 4.38. The molecule has 0 aliphatic heterocycles. The third-order valence-electron chi connectivity index (χ3n) is 2.96. The highest BCUT2D eigenvalue weighted by Crippen LogP contribution is 2.28. The molecular weight excluding hydrogens is 204 g/mol. The number of hydrogen-bond donors (Lipinski definition) is 1. The van der Waals surface area contributed by atoms with Gasteiger partial charge >= 0.3 is 0 Å². The molecule has 4 nitrogen and oxygen atoms in total. The normalized spacial score (nSPS) is 15.4. The van der Waals surface area contributed by atoms with Gasteiger partial charge in [-0.3, -0.25) is 9.36 Å². The van der Waals surface area contributed by atoms with E-state index in [0.717, 1.165) is 12.3 Å². The summed E-state index contributed by atoms with van der Waals surface area (Å²) in [7, 11) is 0. The van der Waals surface area contributed by atoms with E-state index < -0.39 is 0 Å². The van der Waals surface area contributed by atoms with Crippen LogP contribution in [0.3, 0.4) is 0 Å². The maximum Gasteiger partial charge on any atom is 0.257 e. The molecule has 1 aliphatic carbocycles. The maximum atomic E-state index is 11.9. The van der Waals surface area contributed by atoms with Gasteiger partial charge in [0, 0.05) is 17.8 Å². The Bertz CT molecular complexity index is 422. The predicted octanol–water partition coefficient (Wildman–Crippen LogP) is 1.000. The summed E-state index contributed by atoms with van der Waals surface area (Å²) in [5.41, 5.74) is 7.03. The summed E-state index contributed by atoms with van der Waals surface area (Å²) < 4.78 is 7.17. The first kappa shape index (κ1) is 11.4. The van der Waals surface area contributed by atoms with Crippen LogP contribution in [-0.4, -0.2) is 11.2 Å². The molecule has 2 N–H and O–H groups in total. The first-order valence-corrected chi connectivity index (χ1v) is 5.69. The molecule has 4 heteroatoms. The fourth-order valence-electron chi connectivity index (χ4n) is 1.63. The zero-order chi connectivity index (χ0) is 11.5. The summed E-state index contributed by atoms with van der Waals surface area (Å²) in [5, 5.41) is 0. The van der Waals surface area contributed by atoms with Crippen molar-refractivity contribution < 1.29 is 4.74 Å². The molecule has 1 aliphatic rings. The lowest BCUT2D eigenvalue weighted by Gasteiger charge is -2.11. The van der Waals surface area contributed by atoms with Crippen LogP contribution in [0.15, 0.2) is 16.9 Å². The average molecular weight is 222 g/mol. The summed E-state index contributed by atoms with van der Waals surface area (Å²) in [4.78, 5) is 11.9. The second kappa shape index (κ2) is 4.80. The van der Waals surface area contributed by atoms with Gasteiger partial charge in [-0.25, -0.2) is 0 Å². The highest BCUT2D eigenvalue weighted by molar-refractivity contribution is 5.14. The van der Waals surface area contributed by atoms with E-state index in [1.54, 1.807) is 10.6 Å². The lowest BCUT2D eigenvalue weighted by Crippen LogP contribution is -2.28. The highest BCUT2D eigenvalue weighted by atomic mass is 16.5. The van der Waals surface area contributed by atoms with Crippen LogP contribution in [0.1, 0.15) is 24.1 Å². The summed E-state index contributed by atoms with van der Waals surface area (Å²) in [6.07, 6.45) is 2.52. The lowest BCUT2D eigenvalue weighted by atomic mass is 10.2. The van der Waals surface area contributed by atoms with E-state index in [0.29, 0.717) is 18.2 Å². The quantitative estimate of drug-likeness (QED) is 0.808. The van der Waals surface area contributed by atoms with Crippen LogP contribution in [0.25, 0.3) is 0 Å². The van der Waals surface area contributed by atoms with Gasteiger partial charge in [0.05, 0.1) is 6.61 Å².